The van der Waals surface area contributed by atoms with Gasteiger partial charge in [0.25, 0.3) is 0 Å². The number of carbonyl (C=O) groups excluding carboxylic acids is 2. The number of phenolic OH excluding ortho intramolecular Hbond substituents is 1. The number of rotatable bonds is 7. The van der Waals surface area contributed by atoms with Crippen molar-refractivity contribution in [3.63, 3.8) is 0 Å². The molecule has 6 heteroatoms. The Morgan fingerprint density at radius 1 is 1.15 bits per heavy atom. The summed E-state index contributed by atoms with van der Waals surface area (Å²) in [6, 6.07) is 17.3. The molecule has 3 heterocycles. The molecule has 2 aromatic carbocycles. The van der Waals surface area contributed by atoms with Gasteiger partial charge >= 0.3 is 0 Å². The van der Waals surface area contributed by atoms with Gasteiger partial charge in [0, 0.05) is 31.6 Å². The molecule has 5 atom stereocenters. The van der Waals surface area contributed by atoms with Crippen molar-refractivity contribution >= 4 is 11.8 Å². The molecule has 33 heavy (non-hydrogen) atoms. The van der Waals surface area contributed by atoms with E-state index in [0.29, 0.717) is 18.9 Å². The molecule has 6 nitrogen and oxygen atoms in total. The molecule has 3 N–H and O–H groups in total. The summed E-state index contributed by atoms with van der Waals surface area (Å²) < 4.78 is 0. The van der Waals surface area contributed by atoms with Crippen molar-refractivity contribution in [2.45, 2.75) is 51.4 Å². The Balaban J connectivity index is 1.43. The molecule has 0 aromatic heterocycles. The van der Waals surface area contributed by atoms with Crippen molar-refractivity contribution < 1.29 is 14.7 Å². The lowest BCUT2D eigenvalue weighted by Gasteiger charge is -2.55. The highest BCUT2D eigenvalue weighted by Gasteiger charge is 2.67. The minimum atomic E-state index is -0.867. The third kappa shape index (κ3) is 3.90. The van der Waals surface area contributed by atoms with E-state index in [0.717, 1.165) is 25.1 Å². The number of phenols is 1. The number of fused-ring (bicyclic) bond motifs is 1. The summed E-state index contributed by atoms with van der Waals surface area (Å²) in [6.07, 6.45) is 1.59. The summed E-state index contributed by atoms with van der Waals surface area (Å²) in [7, 11) is 0. The smallest absolute Gasteiger partial charge is 0.246 e. The monoisotopic (exact) mass is 447 g/mol. The number of likely N-dealkylation sites (tertiary alicyclic amines) is 1. The Kier molecular flexibility index (Phi) is 5.65. The number of nitrogens with zero attached hydrogens (tertiary/aromatic N) is 1. The zero-order valence-corrected chi connectivity index (χ0v) is 19.3. The Labute approximate surface area is 195 Å². The van der Waals surface area contributed by atoms with E-state index in [1.807, 2.05) is 6.07 Å². The van der Waals surface area contributed by atoms with Crippen LogP contribution in [0, 0.1) is 23.7 Å². The molecule has 3 saturated heterocycles. The molecule has 6 rings (SSSR count). The van der Waals surface area contributed by atoms with Crippen LogP contribution in [0.5, 0.6) is 5.75 Å². The van der Waals surface area contributed by atoms with E-state index in [1.54, 1.807) is 24.3 Å². The first kappa shape index (κ1) is 22.0. The standard InChI is InChI=1S/C27H33N3O3/c1-17(2)12-22-24-23-20(16-30(24)15-19-6-4-3-5-7-19)13-27(22,29-25(23)32)26(33)28-14-18-8-10-21(31)11-9-18/h3-11,17,20,22-24,31H,12-16H2,1-2H3,(H,28,33)(H,29,32)/t20-,22+,23-,24+,27+/m1/s1. The van der Waals surface area contributed by atoms with Gasteiger partial charge in [-0.15, -0.1) is 0 Å². The van der Waals surface area contributed by atoms with Crippen LogP contribution in [0.15, 0.2) is 54.6 Å². The Bertz CT molecular complexity index is 1020. The van der Waals surface area contributed by atoms with Crippen LogP contribution in [0.4, 0.5) is 0 Å². The van der Waals surface area contributed by atoms with E-state index in [1.165, 1.54) is 5.56 Å². The summed E-state index contributed by atoms with van der Waals surface area (Å²) in [5.41, 5.74) is 1.30. The highest BCUT2D eigenvalue weighted by atomic mass is 16.3. The number of benzene rings is 2. The predicted molar refractivity (Wildman–Crippen MR) is 126 cm³/mol. The molecule has 3 aliphatic heterocycles. The summed E-state index contributed by atoms with van der Waals surface area (Å²) in [4.78, 5) is 29.4. The molecule has 4 aliphatic rings. The van der Waals surface area contributed by atoms with Gasteiger partial charge in [-0.2, -0.15) is 0 Å². The average Bonchev–Trinajstić information content (AvgIpc) is 3.10. The normalized spacial score (nSPS) is 30.5. The zero-order chi connectivity index (χ0) is 23.2. The van der Waals surface area contributed by atoms with Crippen molar-refractivity contribution in [3.05, 3.63) is 65.7 Å². The third-order valence-electron chi connectivity index (χ3n) is 7.79. The number of aromatic hydroxyl groups is 1. The number of piperidine rings is 2. The second-order valence-electron chi connectivity index (χ2n) is 10.4. The van der Waals surface area contributed by atoms with Crippen molar-refractivity contribution in [1.29, 1.82) is 0 Å². The average molecular weight is 448 g/mol. The maximum Gasteiger partial charge on any atom is 0.246 e. The molecule has 2 aromatic rings. The first-order valence-electron chi connectivity index (χ1n) is 12.0. The van der Waals surface area contributed by atoms with Gasteiger partial charge in [-0.1, -0.05) is 56.3 Å². The first-order valence-corrected chi connectivity index (χ1v) is 12.0. The molecule has 0 spiro atoms. The Morgan fingerprint density at radius 3 is 2.58 bits per heavy atom. The van der Waals surface area contributed by atoms with Crippen LogP contribution in [0.2, 0.25) is 0 Å². The number of nitrogens with one attached hydrogen (secondary N) is 2. The molecule has 1 aliphatic carbocycles. The lowest BCUT2D eigenvalue weighted by molar-refractivity contribution is -0.155. The van der Waals surface area contributed by atoms with Crippen LogP contribution in [-0.4, -0.2) is 39.9 Å². The topological polar surface area (TPSA) is 81.7 Å². The van der Waals surface area contributed by atoms with Crippen LogP contribution >= 0.6 is 0 Å². The molecule has 174 valence electrons. The molecule has 4 bridgehead atoms. The van der Waals surface area contributed by atoms with Gasteiger partial charge in [0.1, 0.15) is 11.3 Å². The van der Waals surface area contributed by atoms with Crippen molar-refractivity contribution in [2.24, 2.45) is 23.7 Å². The van der Waals surface area contributed by atoms with E-state index < -0.39 is 5.54 Å². The molecule has 4 fully saturated rings. The minimum Gasteiger partial charge on any atom is -0.508 e. The summed E-state index contributed by atoms with van der Waals surface area (Å²) in [5.74, 6) is 0.817. The van der Waals surface area contributed by atoms with Crippen LogP contribution in [0.1, 0.15) is 37.8 Å². The summed E-state index contributed by atoms with van der Waals surface area (Å²) >= 11 is 0. The second kappa shape index (κ2) is 8.49. The van der Waals surface area contributed by atoms with Crippen LogP contribution < -0.4 is 10.6 Å². The van der Waals surface area contributed by atoms with Crippen molar-refractivity contribution in [2.75, 3.05) is 6.54 Å². The van der Waals surface area contributed by atoms with Gasteiger partial charge in [0.2, 0.25) is 11.8 Å². The van der Waals surface area contributed by atoms with E-state index >= 15 is 0 Å². The maximum atomic E-state index is 13.7. The van der Waals surface area contributed by atoms with Crippen molar-refractivity contribution in [3.8, 4) is 5.75 Å². The fraction of sp³-hybridized carbons (Fsp3) is 0.481. The lowest BCUT2D eigenvalue weighted by Crippen LogP contribution is -2.75. The Hall–Kier alpha value is -2.86. The highest BCUT2D eigenvalue weighted by molar-refractivity contribution is 5.96. The number of hydrogen-bond acceptors (Lipinski definition) is 4. The lowest BCUT2D eigenvalue weighted by atomic mass is 9.57. The molecule has 0 radical (unpaired) electrons. The van der Waals surface area contributed by atoms with Crippen LogP contribution in [0.25, 0.3) is 0 Å². The highest BCUT2D eigenvalue weighted by Crippen LogP contribution is 2.54. The van der Waals surface area contributed by atoms with Gasteiger partial charge in [0.05, 0.1) is 5.92 Å². The van der Waals surface area contributed by atoms with E-state index in [9.17, 15) is 14.7 Å². The van der Waals surface area contributed by atoms with Crippen molar-refractivity contribution in [1.82, 2.24) is 15.5 Å². The van der Waals surface area contributed by atoms with E-state index in [2.05, 4.69) is 53.6 Å². The van der Waals surface area contributed by atoms with Gasteiger partial charge < -0.3 is 15.7 Å². The third-order valence-corrected chi connectivity index (χ3v) is 7.79. The van der Waals surface area contributed by atoms with Crippen LogP contribution in [-0.2, 0) is 22.7 Å². The maximum absolute atomic E-state index is 13.7. The molecular formula is C27H33N3O3. The van der Waals surface area contributed by atoms with E-state index in [-0.39, 0.29) is 41.4 Å². The zero-order valence-electron chi connectivity index (χ0n) is 19.3. The Morgan fingerprint density at radius 2 is 1.88 bits per heavy atom. The number of carbonyl (C=O) groups is 2. The van der Waals surface area contributed by atoms with Gasteiger partial charge in [0.15, 0.2) is 0 Å². The first-order chi connectivity index (χ1) is 15.9. The van der Waals surface area contributed by atoms with Crippen LogP contribution in [0.3, 0.4) is 0 Å². The van der Waals surface area contributed by atoms with Gasteiger partial charge in [-0.3, -0.25) is 14.5 Å². The van der Waals surface area contributed by atoms with Gasteiger partial charge in [-0.25, -0.2) is 0 Å². The fourth-order valence-electron chi connectivity index (χ4n) is 6.52. The number of hydrogen-bond donors (Lipinski definition) is 3. The summed E-state index contributed by atoms with van der Waals surface area (Å²) in [5, 5.41) is 15.8. The molecule has 1 saturated carbocycles. The quantitative estimate of drug-likeness (QED) is 0.609. The van der Waals surface area contributed by atoms with Gasteiger partial charge in [-0.05, 0) is 47.9 Å². The predicted octanol–water partition coefficient (Wildman–Crippen LogP) is 3.06. The molecule has 2 amide bonds. The fourth-order valence-corrected chi connectivity index (χ4v) is 6.52. The summed E-state index contributed by atoms with van der Waals surface area (Å²) in [6.45, 7) is 6.43. The molecular weight excluding hydrogens is 414 g/mol. The molecule has 0 unspecified atom stereocenters. The SMILES string of the molecule is CC(C)C[C@H]1[C@H]2[C@@H]3C(=O)N[C@@]1(C(=O)NCc1ccc(O)cc1)C[C@@H]3CN2Cc1ccccc1. The second-order valence-corrected chi connectivity index (χ2v) is 10.4. The van der Waals surface area contributed by atoms with E-state index in [4.69, 9.17) is 0 Å². The number of amides is 2. The largest absolute Gasteiger partial charge is 0.508 e. The minimum absolute atomic E-state index is 0.0339.